The van der Waals surface area contributed by atoms with Gasteiger partial charge in [-0.3, -0.25) is 0 Å². The summed E-state index contributed by atoms with van der Waals surface area (Å²) in [7, 11) is 0. The fraction of sp³-hybridized carbons (Fsp3) is 0.111. The van der Waals surface area contributed by atoms with Gasteiger partial charge in [-0.2, -0.15) is 0 Å². The molecule has 0 fully saturated rings. The maximum Gasteiger partial charge on any atom is 0.260 e. The van der Waals surface area contributed by atoms with Gasteiger partial charge in [-0.05, 0) is 95.4 Å². The van der Waals surface area contributed by atoms with Crippen LogP contribution in [0.25, 0.3) is 21.9 Å². The van der Waals surface area contributed by atoms with E-state index in [4.69, 9.17) is 9.47 Å². The van der Waals surface area contributed by atoms with Crippen molar-refractivity contribution >= 4 is 50.9 Å². The zero-order valence-electron chi connectivity index (χ0n) is 28.0. The Balaban J connectivity index is 1.25. The average Bonchev–Trinajstić information content (AvgIpc) is 3.12. The molecule has 3 nitrogen and oxygen atoms in total. The van der Waals surface area contributed by atoms with E-state index in [9.17, 15) is 0 Å². The number of anilines is 3. The Labute approximate surface area is 287 Å². The molecule has 4 heteroatoms. The van der Waals surface area contributed by atoms with Crippen LogP contribution in [0.4, 0.5) is 17.1 Å². The summed E-state index contributed by atoms with van der Waals surface area (Å²) < 4.78 is 13.8. The summed E-state index contributed by atoms with van der Waals surface area (Å²) in [5.74, 6) is 3.63. The smallest absolute Gasteiger partial charge is 0.260 e. The molecule has 1 aliphatic carbocycles. The molecule has 0 radical (unpaired) electrons. The fourth-order valence-electron chi connectivity index (χ4n) is 8.56. The van der Waals surface area contributed by atoms with Crippen LogP contribution in [0.5, 0.6) is 23.0 Å². The van der Waals surface area contributed by atoms with Crippen molar-refractivity contribution in [2.24, 2.45) is 0 Å². The molecule has 0 bridgehead atoms. The first kappa shape index (κ1) is 28.3. The van der Waals surface area contributed by atoms with Crippen LogP contribution in [0.3, 0.4) is 0 Å². The van der Waals surface area contributed by atoms with Crippen molar-refractivity contribution in [1.82, 2.24) is 0 Å². The van der Waals surface area contributed by atoms with Crippen LogP contribution in [0.2, 0.25) is 0 Å². The number of para-hydroxylation sites is 2. The van der Waals surface area contributed by atoms with Crippen LogP contribution in [-0.2, 0) is 5.41 Å². The Morgan fingerprint density at radius 1 is 0.571 bits per heavy atom. The molecule has 7 aromatic rings. The van der Waals surface area contributed by atoms with Gasteiger partial charge in [-0.25, -0.2) is 0 Å². The largest absolute Gasteiger partial charge is 0.458 e. The molecule has 7 aromatic carbocycles. The lowest BCUT2D eigenvalue weighted by Crippen LogP contribution is -2.58. The van der Waals surface area contributed by atoms with E-state index in [2.05, 4.69) is 166 Å². The number of hydrogen-bond donors (Lipinski definition) is 0. The molecular formula is C45H34BNO2. The van der Waals surface area contributed by atoms with Gasteiger partial charge < -0.3 is 14.4 Å². The number of hydrogen-bond acceptors (Lipinski definition) is 3. The van der Waals surface area contributed by atoms with Gasteiger partial charge in [0, 0.05) is 33.2 Å². The topological polar surface area (TPSA) is 21.7 Å². The minimum absolute atomic E-state index is 0.0399. The van der Waals surface area contributed by atoms with Gasteiger partial charge in [0.1, 0.15) is 23.0 Å². The van der Waals surface area contributed by atoms with Gasteiger partial charge in [0.25, 0.3) is 6.71 Å². The third-order valence-electron chi connectivity index (χ3n) is 10.9. The molecule has 3 aliphatic rings. The molecule has 0 aromatic heterocycles. The van der Waals surface area contributed by atoms with E-state index in [0.717, 1.165) is 45.5 Å². The van der Waals surface area contributed by atoms with E-state index >= 15 is 0 Å². The van der Waals surface area contributed by atoms with Crippen LogP contribution in [0.1, 0.15) is 36.1 Å². The van der Waals surface area contributed by atoms with Crippen molar-refractivity contribution < 1.29 is 9.47 Å². The van der Waals surface area contributed by atoms with Gasteiger partial charge in [0.2, 0.25) is 0 Å². The van der Waals surface area contributed by atoms with E-state index in [1.165, 1.54) is 55.1 Å². The number of benzene rings is 7. The maximum absolute atomic E-state index is 6.99. The Kier molecular flexibility index (Phi) is 5.85. The summed E-state index contributed by atoms with van der Waals surface area (Å²) in [4.78, 5) is 2.39. The highest BCUT2D eigenvalue weighted by Crippen LogP contribution is 2.56. The third kappa shape index (κ3) is 3.98. The highest BCUT2D eigenvalue weighted by molar-refractivity contribution is 6.98. The molecule has 0 saturated carbocycles. The normalized spacial score (nSPS) is 14.2. The molecule has 0 amide bonds. The predicted octanol–water partition coefficient (Wildman–Crippen LogP) is 9.96. The van der Waals surface area contributed by atoms with Crippen molar-refractivity contribution in [3.8, 4) is 34.1 Å². The first-order valence-corrected chi connectivity index (χ1v) is 17.1. The summed E-state index contributed by atoms with van der Waals surface area (Å²) in [5.41, 5.74) is 13.9. The summed E-state index contributed by atoms with van der Waals surface area (Å²) in [6, 6.07) is 48.3. The summed E-state index contributed by atoms with van der Waals surface area (Å²) in [6.07, 6.45) is 0. The molecular weight excluding hydrogens is 597 g/mol. The number of ether oxygens (including phenoxy) is 2. The van der Waals surface area contributed by atoms with E-state index in [1.54, 1.807) is 0 Å². The average molecular weight is 632 g/mol. The number of aryl methyl sites for hydroxylation is 2. The third-order valence-corrected chi connectivity index (χ3v) is 10.9. The highest BCUT2D eigenvalue weighted by atomic mass is 16.5. The van der Waals surface area contributed by atoms with Crippen molar-refractivity contribution in [1.29, 1.82) is 0 Å². The van der Waals surface area contributed by atoms with E-state index in [-0.39, 0.29) is 12.1 Å². The van der Waals surface area contributed by atoms with Gasteiger partial charge in [-0.15, -0.1) is 0 Å². The highest BCUT2D eigenvalue weighted by Gasteiger charge is 2.46. The van der Waals surface area contributed by atoms with Crippen LogP contribution in [-0.4, -0.2) is 6.71 Å². The zero-order valence-corrected chi connectivity index (χ0v) is 28.0. The van der Waals surface area contributed by atoms with Gasteiger partial charge >= 0.3 is 0 Å². The van der Waals surface area contributed by atoms with E-state index < -0.39 is 0 Å². The number of fused-ring (bicyclic) bond motifs is 7. The molecule has 0 unspecified atom stereocenters. The first-order valence-electron chi connectivity index (χ1n) is 17.1. The minimum Gasteiger partial charge on any atom is -0.458 e. The lowest BCUT2D eigenvalue weighted by atomic mass is 9.34. The second-order valence-electron chi connectivity index (χ2n) is 14.2. The van der Waals surface area contributed by atoms with Crippen LogP contribution >= 0.6 is 0 Å². The summed E-state index contributed by atoms with van der Waals surface area (Å²) in [5, 5.41) is 2.49. The number of nitrogens with zero attached hydrogens (tertiary/aromatic N) is 1. The fourth-order valence-corrected chi connectivity index (χ4v) is 8.56. The first-order chi connectivity index (χ1) is 23.9. The van der Waals surface area contributed by atoms with Crippen LogP contribution in [0.15, 0.2) is 133 Å². The minimum atomic E-state index is -0.350. The van der Waals surface area contributed by atoms with E-state index in [1.807, 2.05) is 0 Å². The molecule has 49 heavy (non-hydrogen) atoms. The lowest BCUT2D eigenvalue weighted by molar-refractivity contribution is 0.451. The van der Waals surface area contributed by atoms with E-state index in [0.29, 0.717) is 0 Å². The molecule has 0 N–H and O–H groups in total. The quantitative estimate of drug-likeness (QED) is 0.181. The van der Waals surface area contributed by atoms with Crippen LogP contribution in [0, 0.1) is 13.8 Å². The van der Waals surface area contributed by atoms with Crippen molar-refractivity contribution in [3.63, 3.8) is 0 Å². The van der Waals surface area contributed by atoms with Crippen LogP contribution < -0.4 is 30.8 Å². The molecule has 10 rings (SSSR count). The standard InChI is InChI=1S/C45H34BNO2/c1-27-16-20-29(21-17-27)47(30-22-18-28(2)19-23-30)37-25-24-31-33-26-40-43-44(42(33)45(3,4)34-11-9-10-32(37)41(31)34)49-39-15-8-6-13-36(39)46(43)35-12-5-7-14-38(35)48-40/h5-26H,1-4H3. The molecule has 2 heterocycles. The Morgan fingerprint density at radius 3 is 1.84 bits per heavy atom. The SMILES string of the molecule is Cc1ccc(N(c2ccc(C)cc2)c2ccc3c4c(cccc24)C(C)(C)c2c-3cc3c4c2Oc2ccccc2B4c2ccccc2O3)cc1. The molecule has 2 aliphatic heterocycles. The van der Waals surface area contributed by atoms with Gasteiger partial charge in [0.15, 0.2) is 0 Å². The summed E-state index contributed by atoms with van der Waals surface area (Å²) in [6.45, 7) is 9.03. The summed E-state index contributed by atoms with van der Waals surface area (Å²) >= 11 is 0. The Hall–Kier alpha value is -5.74. The molecule has 234 valence electrons. The zero-order chi connectivity index (χ0) is 33.0. The maximum atomic E-state index is 6.99. The van der Waals surface area contributed by atoms with Crippen molar-refractivity contribution in [3.05, 3.63) is 156 Å². The monoisotopic (exact) mass is 631 g/mol. The van der Waals surface area contributed by atoms with Crippen molar-refractivity contribution in [2.75, 3.05) is 4.90 Å². The van der Waals surface area contributed by atoms with Gasteiger partial charge in [-0.1, -0.05) is 110 Å². The Morgan fingerprint density at radius 2 is 1.18 bits per heavy atom. The lowest BCUT2D eigenvalue weighted by Gasteiger charge is -2.41. The molecule has 0 atom stereocenters. The second-order valence-corrected chi connectivity index (χ2v) is 14.2. The molecule has 0 saturated heterocycles. The predicted molar refractivity (Wildman–Crippen MR) is 203 cm³/mol. The molecule has 0 spiro atoms. The Bertz CT molecular complexity index is 2440. The second kappa shape index (κ2) is 10.1. The van der Waals surface area contributed by atoms with Gasteiger partial charge in [0.05, 0.1) is 5.69 Å². The van der Waals surface area contributed by atoms with Crippen molar-refractivity contribution in [2.45, 2.75) is 33.1 Å². The number of rotatable bonds is 3.